The SMILES string of the molecule is CSc1sc2sccc2c1C#N. The van der Waals surface area contributed by atoms with Gasteiger partial charge >= 0.3 is 0 Å². The summed E-state index contributed by atoms with van der Waals surface area (Å²) in [6.45, 7) is 0. The van der Waals surface area contributed by atoms with E-state index in [1.807, 2.05) is 17.7 Å². The Morgan fingerprint density at radius 2 is 2.42 bits per heavy atom. The van der Waals surface area contributed by atoms with Crippen LogP contribution in [-0.4, -0.2) is 6.26 Å². The molecular weight excluding hydrogens is 206 g/mol. The van der Waals surface area contributed by atoms with Gasteiger partial charge in [0.2, 0.25) is 0 Å². The van der Waals surface area contributed by atoms with E-state index in [0.29, 0.717) is 0 Å². The van der Waals surface area contributed by atoms with Crippen LogP contribution in [0.25, 0.3) is 9.40 Å². The maximum Gasteiger partial charge on any atom is 0.102 e. The molecule has 2 aromatic heterocycles. The van der Waals surface area contributed by atoms with Gasteiger partial charge in [-0.3, -0.25) is 0 Å². The first kappa shape index (κ1) is 8.11. The van der Waals surface area contributed by atoms with Crippen LogP contribution in [0.15, 0.2) is 15.7 Å². The summed E-state index contributed by atoms with van der Waals surface area (Å²) in [4.78, 5) is 0. The molecule has 0 radical (unpaired) electrons. The summed E-state index contributed by atoms with van der Waals surface area (Å²) >= 11 is 5.07. The Morgan fingerprint density at radius 1 is 1.58 bits per heavy atom. The molecule has 12 heavy (non-hydrogen) atoms. The van der Waals surface area contributed by atoms with Gasteiger partial charge < -0.3 is 0 Å². The molecule has 0 amide bonds. The summed E-state index contributed by atoms with van der Waals surface area (Å²) in [5.74, 6) is 0. The lowest BCUT2D eigenvalue weighted by Crippen LogP contribution is -1.68. The predicted molar refractivity (Wildman–Crippen MR) is 56.2 cm³/mol. The first-order chi connectivity index (χ1) is 5.86. The van der Waals surface area contributed by atoms with Crippen molar-refractivity contribution in [1.29, 1.82) is 5.26 Å². The Kier molecular flexibility index (Phi) is 2.09. The number of hydrogen-bond donors (Lipinski definition) is 0. The zero-order valence-electron chi connectivity index (χ0n) is 6.33. The smallest absolute Gasteiger partial charge is 0.102 e. The maximum absolute atomic E-state index is 8.90. The van der Waals surface area contributed by atoms with Gasteiger partial charge in [0.05, 0.1) is 13.8 Å². The molecule has 1 nitrogen and oxygen atoms in total. The molecule has 0 saturated heterocycles. The summed E-state index contributed by atoms with van der Waals surface area (Å²) in [6, 6.07) is 4.27. The van der Waals surface area contributed by atoms with E-state index in [1.54, 1.807) is 34.4 Å². The van der Waals surface area contributed by atoms with Crippen molar-refractivity contribution >= 4 is 43.8 Å². The average Bonchev–Trinajstić information content (AvgIpc) is 2.61. The molecule has 2 rings (SSSR count). The van der Waals surface area contributed by atoms with E-state index in [1.165, 1.54) is 4.01 Å². The van der Waals surface area contributed by atoms with E-state index in [2.05, 4.69) is 6.07 Å². The summed E-state index contributed by atoms with van der Waals surface area (Å²) in [5, 5.41) is 12.1. The molecule has 60 valence electrons. The first-order valence-corrected chi connectivity index (χ1v) is 6.23. The van der Waals surface area contributed by atoms with Crippen LogP contribution in [-0.2, 0) is 0 Å². The number of nitriles is 1. The van der Waals surface area contributed by atoms with Crippen LogP contribution < -0.4 is 0 Å². The zero-order chi connectivity index (χ0) is 8.55. The third kappa shape index (κ3) is 1.06. The fraction of sp³-hybridized carbons (Fsp3) is 0.125. The Labute approximate surface area is 82.6 Å². The maximum atomic E-state index is 8.90. The van der Waals surface area contributed by atoms with Crippen molar-refractivity contribution in [2.45, 2.75) is 4.21 Å². The Hall–Kier alpha value is -0.500. The quantitative estimate of drug-likeness (QED) is 0.673. The van der Waals surface area contributed by atoms with Crippen LogP contribution in [0.4, 0.5) is 0 Å². The number of thiophene rings is 2. The topological polar surface area (TPSA) is 23.8 Å². The van der Waals surface area contributed by atoms with Crippen molar-refractivity contribution in [1.82, 2.24) is 0 Å². The van der Waals surface area contributed by atoms with Gasteiger partial charge in [0.15, 0.2) is 0 Å². The second-order valence-corrected chi connectivity index (χ2v) is 5.47. The molecule has 0 aliphatic heterocycles. The molecule has 0 aromatic carbocycles. The fourth-order valence-electron chi connectivity index (χ4n) is 1.05. The number of rotatable bonds is 1. The highest BCUT2D eigenvalue weighted by atomic mass is 32.2. The second-order valence-electron chi connectivity index (χ2n) is 2.20. The van der Waals surface area contributed by atoms with Gasteiger partial charge in [-0.15, -0.1) is 34.4 Å². The van der Waals surface area contributed by atoms with Crippen molar-refractivity contribution in [2.24, 2.45) is 0 Å². The van der Waals surface area contributed by atoms with Crippen LogP contribution in [0.3, 0.4) is 0 Å². The van der Waals surface area contributed by atoms with Crippen LogP contribution in [0.5, 0.6) is 0 Å². The van der Waals surface area contributed by atoms with Crippen LogP contribution >= 0.6 is 34.4 Å². The highest BCUT2D eigenvalue weighted by Gasteiger charge is 2.10. The minimum Gasteiger partial charge on any atom is -0.192 e. The Bertz CT molecular complexity index is 446. The normalized spacial score (nSPS) is 10.3. The predicted octanol–water partition coefficient (Wildman–Crippen LogP) is 3.56. The fourth-order valence-corrected chi connectivity index (χ4v) is 4.10. The largest absolute Gasteiger partial charge is 0.192 e. The monoisotopic (exact) mass is 211 g/mol. The van der Waals surface area contributed by atoms with Crippen molar-refractivity contribution in [3.05, 3.63) is 17.0 Å². The van der Waals surface area contributed by atoms with E-state index in [0.717, 1.165) is 15.2 Å². The molecule has 2 heterocycles. The van der Waals surface area contributed by atoms with E-state index in [4.69, 9.17) is 5.26 Å². The van der Waals surface area contributed by atoms with E-state index in [-0.39, 0.29) is 0 Å². The molecule has 0 bridgehead atoms. The average molecular weight is 211 g/mol. The summed E-state index contributed by atoms with van der Waals surface area (Å²) in [6.07, 6.45) is 2.01. The van der Waals surface area contributed by atoms with Gasteiger partial charge in [0.1, 0.15) is 6.07 Å². The minimum atomic E-state index is 0.851. The highest BCUT2D eigenvalue weighted by Crippen LogP contribution is 2.39. The van der Waals surface area contributed by atoms with E-state index < -0.39 is 0 Å². The number of nitrogens with zero attached hydrogens (tertiary/aromatic N) is 1. The van der Waals surface area contributed by atoms with Crippen molar-refractivity contribution in [3.8, 4) is 6.07 Å². The summed E-state index contributed by atoms with van der Waals surface area (Å²) in [7, 11) is 0. The lowest BCUT2D eigenvalue weighted by atomic mass is 10.3. The van der Waals surface area contributed by atoms with Crippen molar-refractivity contribution < 1.29 is 0 Å². The third-order valence-electron chi connectivity index (χ3n) is 1.59. The zero-order valence-corrected chi connectivity index (χ0v) is 8.78. The van der Waals surface area contributed by atoms with Gasteiger partial charge in [-0.25, -0.2) is 0 Å². The molecule has 0 N–H and O–H groups in total. The molecule has 0 fully saturated rings. The molecule has 2 aromatic rings. The van der Waals surface area contributed by atoms with Gasteiger partial charge in [-0.2, -0.15) is 5.26 Å². The molecule has 4 heteroatoms. The molecule has 0 unspecified atom stereocenters. The summed E-state index contributed by atoms with van der Waals surface area (Å²) < 4.78 is 2.40. The molecule has 0 spiro atoms. The standard InChI is InChI=1S/C8H5NS3/c1-10-7-6(4-9)5-2-3-11-8(5)12-7/h2-3H,1H3. The van der Waals surface area contributed by atoms with Gasteiger partial charge in [0, 0.05) is 5.39 Å². The third-order valence-corrected chi connectivity index (χ3v) is 4.95. The molecular formula is C8H5NS3. The lowest BCUT2D eigenvalue weighted by Gasteiger charge is -1.86. The van der Waals surface area contributed by atoms with Crippen LogP contribution in [0, 0.1) is 11.3 Å². The highest BCUT2D eigenvalue weighted by molar-refractivity contribution is 8.00. The van der Waals surface area contributed by atoms with Crippen molar-refractivity contribution in [3.63, 3.8) is 0 Å². The van der Waals surface area contributed by atoms with Crippen LogP contribution in [0.2, 0.25) is 0 Å². The lowest BCUT2D eigenvalue weighted by molar-refractivity contribution is 1.48. The number of fused-ring (bicyclic) bond motifs is 1. The molecule has 0 aliphatic rings. The number of thioether (sulfide) groups is 1. The van der Waals surface area contributed by atoms with E-state index in [9.17, 15) is 0 Å². The summed E-state index contributed by atoms with van der Waals surface area (Å²) in [5.41, 5.74) is 0.851. The Morgan fingerprint density at radius 3 is 3.08 bits per heavy atom. The second kappa shape index (κ2) is 3.09. The van der Waals surface area contributed by atoms with Crippen LogP contribution in [0.1, 0.15) is 5.56 Å². The van der Waals surface area contributed by atoms with Gasteiger partial charge in [-0.1, -0.05) is 0 Å². The van der Waals surface area contributed by atoms with Gasteiger partial charge in [-0.05, 0) is 17.7 Å². The van der Waals surface area contributed by atoms with E-state index >= 15 is 0 Å². The van der Waals surface area contributed by atoms with Gasteiger partial charge in [0.25, 0.3) is 0 Å². The number of hydrogen-bond acceptors (Lipinski definition) is 4. The molecule has 0 aliphatic carbocycles. The van der Waals surface area contributed by atoms with Crippen molar-refractivity contribution in [2.75, 3.05) is 6.26 Å². The molecule has 0 saturated carbocycles. The minimum absolute atomic E-state index is 0.851. The Balaban J connectivity index is 2.81. The first-order valence-electron chi connectivity index (χ1n) is 3.31. The molecule has 0 atom stereocenters.